The highest BCUT2D eigenvalue weighted by Crippen LogP contribution is 2.20. The molecule has 1 aliphatic rings. The maximum Gasteiger partial charge on any atom is 0.491 e. The Morgan fingerprint density at radius 1 is 1.56 bits per heavy atom. The Balaban J connectivity index is 2.31. The number of carbonyl (C=O) groups is 1. The van der Waals surface area contributed by atoms with Crippen molar-refractivity contribution in [2.45, 2.75) is 13.2 Å². The van der Waals surface area contributed by atoms with Gasteiger partial charge in [0.05, 0.1) is 6.61 Å². The zero-order valence-corrected chi connectivity index (χ0v) is 8.30. The maximum absolute atomic E-state index is 10.4. The van der Waals surface area contributed by atoms with Crippen LogP contribution in [-0.4, -0.2) is 28.4 Å². The molecule has 4 N–H and O–H groups in total. The first-order valence-corrected chi connectivity index (χ1v) is 4.69. The molecule has 0 saturated heterocycles. The Morgan fingerprint density at radius 3 is 3.00 bits per heavy atom. The topological polar surface area (TPSA) is 99.0 Å². The van der Waals surface area contributed by atoms with Crippen LogP contribution in [-0.2, 0) is 17.8 Å². The van der Waals surface area contributed by atoms with E-state index < -0.39 is 13.2 Å². The minimum Gasteiger partial charge on any atom is -0.508 e. The smallest absolute Gasteiger partial charge is 0.491 e. The fourth-order valence-electron chi connectivity index (χ4n) is 1.72. The second kappa shape index (κ2) is 4.03. The van der Waals surface area contributed by atoms with Crippen molar-refractivity contribution in [2.24, 2.45) is 0 Å². The highest BCUT2D eigenvalue weighted by atomic mass is 16.5. The predicted molar refractivity (Wildman–Crippen MR) is 55.4 cm³/mol. The number of fused-ring (bicyclic) bond motifs is 1. The van der Waals surface area contributed by atoms with E-state index in [1.165, 1.54) is 12.1 Å². The van der Waals surface area contributed by atoms with E-state index in [4.69, 9.17) is 9.76 Å². The number of phenolic OH excluding ortho intramolecular Hbond substituents is 1. The fourth-order valence-corrected chi connectivity index (χ4v) is 1.72. The molecule has 0 bridgehead atoms. The lowest BCUT2D eigenvalue weighted by atomic mass is 9.78. The second-order valence-electron chi connectivity index (χ2n) is 3.49. The maximum atomic E-state index is 10.4. The zero-order chi connectivity index (χ0) is 11.7. The monoisotopic (exact) mass is 223 g/mol. The number of nitrogens with one attached hydrogen (secondary N) is 1. The van der Waals surface area contributed by atoms with Crippen LogP contribution in [0.25, 0.3) is 0 Å². The van der Waals surface area contributed by atoms with Gasteiger partial charge in [-0.2, -0.15) is 0 Å². The largest absolute Gasteiger partial charge is 0.508 e. The molecule has 0 unspecified atom stereocenters. The fraction of sp³-hybridized carbons (Fsp3) is 0.222. The normalized spacial score (nSPS) is 13.7. The summed E-state index contributed by atoms with van der Waals surface area (Å²) in [6.45, 7) is 0.287. The van der Waals surface area contributed by atoms with Crippen molar-refractivity contribution in [3.05, 3.63) is 23.3 Å². The number of rotatable bonds is 2. The van der Waals surface area contributed by atoms with E-state index in [2.05, 4.69) is 5.32 Å². The van der Waals surface area contributed by atoms with Gasteiger partial charge in [-0.05, 0) is 28.7 Å². The summed E-state index contributed by atoms with van der Waals surface area (Å²) >= 11 is 0. The first kappa shape index (κ1) is 10.8. The third kappa shape index (κ3) is 1.95. The van der Waals surface area contributed by atoms with Gasteiger partial charge in [0.25, 0.3) is 0 Å². The molecule has 0 aromatic heterocycles. The predicted octanol–water partition coefficient (Wildman–Crippen LogP) is -0.623. The van der Waals surface area contributed by atoms with Crippen molar-refractivity contribution in [3.8, 4) is 5.75 Å². The van der Waals surface area contributed by atoms with E-state index in [0.29, 0.717) is 11.0 Å². The minimum atomic E-state index is -1.14. The summed E-state index contributed by atoms with van der Waals surface area (Å²) < 4.78 is 4.99. The van der Waals surface area contributed by atoms with Crippen LogP contribution in [0.2, 0.25) is 0 Å². The molecule has 84 valence electrons. The van der Waals surface area contributed by atoms with Gasteiger partial charge in [0.1, 0.15) is 5.75 Å². The number of benzene rings is 1. The standard InChI is InChI=1S/C9H10BNO5/c12-6-1-5(3-11-9(13)14)7-4-16-10(15)8(7)2-6/h1-2,11-12,15H,3-4H2,(H,13,14). The van der Waals surface area contributed by atoms with Gasteiger partial charge in [-0.15, -0.1) is 0 Å². The van der Waals surface area contributed by atoms with Gasteiger partial charge in [-0.25, -0.2) is 4.79 Å². The molecule has 0 radical (unpaired) electrons. The summed E-state index contributed by atoms with van der Waals surface area (Å²) in [6, 6.07) is 2.87. The van der Waals surface area contributed by atoms with Crippen molar-refractivity contribution in [2.75, 3.05) is 0 Å². The quantitative estimate of drug-likeness (QED) is 0.500. The number of aromatic hydroxyl groups is 1. The van der Waals surface area contributed by atoms with Gasteiger partial charge in [-0.1, -0.05) is 0 Å². The first-order valence-electron chi connectivity index (χ1n) is 4.69. The van der Waals surface area contributed by atoms with Crippen LogP contribution < -0.4 is 10.8 Å². The Morgan fingerprint density at radius 2 is 2.31 bits per heavy atom. The summed E-state index contributed by atoms with van der Waals surface area (Å²) in [6.07, 6.45) is -1.14. The Bertz CT molecular complexity index is 436. The van der Waals surface area contributed by atoms with E-state index in [0.717, 1.165) is 5.56 Å². The number of phenols is 1. The van der Waals surface area contributed by atoms with Crippen LogP contribution >= 0.6 is 0 Å². The lowest BCUT2D eigenvalue weighted by Crippen LogP contribution is -2.29. The molecule has 1 aromatic carbocycles. The molecule has 2 rings (SSSR count). The van der Waals surface area contributed by atoms with Crippen molar-refractivity contribution in [1.29, 1.82) is 0 Å². The molecule has 0 fully saturated rings. The number of carboxylic acid groups (broad SMARTS) is 1. The lowest BCUT2D eigenvalue weighted by Gasteiger charge is -2.08. The van der Waals surface area contributed by atoms with Crippen molar-refractivity contribution < 1.29 is 24.7 Å². The molecule has 0 spiro atoms. The molecular weight excluding hydrogens is 213 g/mol. The molecule has 0 saturated carbocycles. The van der Waals surface area contributed by atoms with Gasteiger partial charge in [-0.3, -0.25) is 0 Å². The third-order valence-electron chi connectivity index (χ3n) is 2.44. The minimum absolute atomic E-state index is 0.0227. The molecule has 0 atom stereocenters. The van der Waals surface area contributed by atoms with Crippen molar-refractivity contribution in [1.82, 2.24) is 5.32 Å². The van der Waals surface area contributed by atoms with Crippen LogP contribution in [0.4, 0.5) is 4.79 Å². The van der Waals surface area contributed by atoms with Crippen LogP contribution in [0.15, 0.2) is 12.1 Å². The molecule has 16 heavy (non-hydrogen) atoms. The van der Waals surface area contributed by atoms with Gasteiger partial charge in [0.2, 0.25) is 0 Å². The summed E-state index contributed by atoms with van der Waals surface area (Å²) in [5.41, 5.74) is 1.81. The molecule has 6 nitrogen and oxygen atoms in total. The Kier molecular flexibility index (Phi) is 2.72. The Hall–Kier alpha value is -1.73. The average molecular weight is 223 g/mol. The van der Waals surface area contributed by atoms with E-state index in [9.17, 15) is 14.9 Å². The summed E-state index contributed by atoms with van der Waals surface area (Å²) in [5, 5.41) is 29.5. The van der Waals surface area contributed by atoms with Crippen LogP contribution in [0, 0.1) is 0 Å². The van der Waals surface area contributed by atoms with E-state index in [1.54, 1.807) is 0 Å². The van der Waals surface area contributed by atoms with Crippen molar-refractivity contribution in [3.63, 3.8) is 0 Å². The molecule has 1 amide bonds. The third-order valence-corrected chi connectivity index (χ3v) is 2.44. The number of amides is 1. The molecule has 7 heteroatoms. The van der Waals surface area contributed by atoms with Crippen LogP contribution in [0.3, 0.4) is 0 Å². The lowest BCUT2D eigenvalue weighted by molar-refractivity contribution is 0.194. The summed E-state index contributed by atoms with van der Waals surface area (Å²) in [5.74, 6) is -0.0227. The van der Waals surface area contributed by atoms with Crippen LogP contribution in [0.5, 0.6) is 5.75 Å². The Labute approximate surface area is 91.6 Å². The summed E-state index contributed by atoms with van der Waals surface area (Å²) in [7, 11) is -1.05. The number of hydrogen-bond acceptors (Lipinski definition) is 4. The zero-order valence-electron chi connectivity index (χ0n) is 8.30. The SMILES string of the molecule is O=C(O)NCc1cc(O)cc2c1COB2O. The van der Waals surface area contributed by atoms with E-state index in [1.807, 2.05) is 0 Å². The van der Waals surface area contributed by atoms with Gasteiger partial charge < -0.3 is 25.2 Å². The molecule has 1 aliphatic heterocycles. The van der Waals surface area contributed by atoms with Gasteiger partial charge in [0.15, 0.2) is 0 Å². The second-order valence-corrected chi connectivity index (χ2v) is 3.49. The van der Waals surface area contributed by atoms with E-state index >= 15 is 0 Å². The van der Waals surface area contributed by atoms with Gasteiger partial charge >= 0.3 is 13.2 Å². The van der Waals surface area contributed by atoms with Gasteiger partial charge in [0, 0.05) is 6.54 Å². The summed E-state index contributed by atoms with van der Waals surface area (Å²) in [4.78, 5) is 10.4. The van der Waals surface area contributed by atoms with Crippen molar-refractivity contribution >= 4 is 18.7 Å². The number of hydrogen-bond donors (Lipinski definition) is 4. The average Bonchev–Trinajstić information content (AvgIpc) is 2.57. The highest BCUT2D eigenvalue weighted by Gasteiger charge is 2.29. The molecule has 0 aliphatic carbocycles. The van der Waals surface area contributed by atoms with E-state index in [-0.39, 0.29) is 18.9 Å². The first-order chi connectivity index (χ1) is 7.58. The molecule has 1 aromatic rings. The highest BCUT2D eigenvalue weighted by molar-refractivity contribution is 6.61. The molecule has 1 heterocycles. The molecular formula is C9H10BNO5. The van der Waals surface area contributed by atoms with Crippen LogP contribution in [0.1, 0.15) is 11.1 Å².